The van der Waals surface area contributed by atoms with Crippen LogP contribution in [0.1, 0.15) is 18.1 Å². The highest BCUT2D eigenvalue weighted by atomic mass is 19.1. The van der Waals surface area contributed by atoms with Crippen LogP contribution in [0.15, 0.2) is 48.5 Å². The molecule has 0 fully saturated rings. The molecule has 0 aromatic heterocycles. The van der Waals surface area contributed by atoms with Gasteiger partial charge in [0.1, 0.15) is 23.5 Å². The average Bonchev–Trinajstić information content (AvgIpc) is 2.38. The molecule has 0 amide bonds. The van der Waals surface area contributed by atoms with Crippen LogP contribution in [0.5, 0.6) is 5.75 Å². The van der Waals surface area contributed by atoms with Crippen LogP contribution in [-0.2, 0) is 0 Å². The molecule has 2 N–H and O–H groups in total. The van der Waals surface area contributed by atoms with Crippen LogP contribution in [0.4, 0.5) is 8.78 Å². The predicted octanol–water partition coefficient (Wildman–Crippen LogP) is 3.43. The maximum Gasteiger partial charge on any atom is 0.126 e. The van der Waals surface area contributed by atoms with Gasteiger partial charge in [0.2, 0.25) is 0 Å². The normalized spacial score (nSPS) is 12.2. The lowest BCUT2D eigenvalue weighted by Gasteiger charge is -2.19. The smallest absolute Gasteiger partial charge is 0.126 e. The van der Waals surface area contributed by atoms with E-state index in [0.717, 1.165) is 0 Å². The third-order valence-corrected chi connectivity index (χ3v) is 2.72. The quantitative estimate of drug-likeness (QED) is 0.897. The summed E-state index contributed by atoms with van der Waals surface area (Å²) in [5.74, 6) is -0.298. The summed E-state index contributed by atoms with van der Waals surface area (Å²) in [5, 5.41) is 0. The monoisotopic (exact) mass is 263 g/mol. The van der Waals surface area contributed by atoms with Crippen molar-refractivity contribution in [2.45, 2.75) is 12.5 Å². The van der Waals surface area contributed by atoms with E-state index in [9.17, 15) is 8.78 Å². The second-order valence-electron chi connectivity index (χ2n) is 4.20. The summed E-state index contributed by atoms with van der Waals surface area (Å²) >= 11 is 0. The minimum Gasteiger partial charge on any atom is -0.486 e. The zero-order valence-electron chi connectivity index (χ0n) is 10.4. The van der Waals surface area contributed by atoms with Gasteiger partial charge in [-0.05, 0) is 36.4 Å². The van der Waals surface area contributed by atoms with Gasteiger partial charge in [-0.1, -0.05) is 18.2 Å². The van der Waals surface area contributed by atoms with Crippen molar-refractivity contribution in [3.05, 3.63) is 65.7 Å². The standard InChI is InChI=1S/C15H15F2NO/c16-12-4-1-3-11(9-12)15(7-8-18)19-14-6-2-5-13(17)10-14/h1-6,9-10,15H,7-8,18H2/t15-/m1/s1. The van der Waals surface area contributed by atoms with E-state index in [0.29, 0.717) is 24.3 Å². The van der Waals surface area contributed by atoms with E-state index in [-0.39, 0.29) is 17.7 Å². The molecule has 100 valence electrons. The maximum absolute atomic E-state index is 13.2. The van der Waals surface area contributed by atoms with E-state index in [4.69, 9.17) is 10.5 Å². The van der Waals surface area contributed by atoms with Gasteiger partial charge in [0, 0.05) is 12.5 Å². The van der Waals surface area contributed by atoms with Crippen molar-refractivity contribution in [3.8, 4) is 5.75 Å². The molecule has 0 saturated heterocycles. The molecule has 2 aromatic rings. The first-order chi connectivity index (χ1) is 9.19. The van der Waals surface area contributed by atoms with Gasteiger partial charge in [0.15, 0.2) is 0 Å². The van der Waals surface area contributed by atoms with E-state index in [1.807, 2.05) is 0 Å². The van der Waals surface area contributed by atoms with Crippen LogP contribution >= 0.6 is 0 Å². The molecule has 0 aliphatic rings. The Morgan fingerprint density at radius 3 is 2.32 bits per heavy atom. The Morgan fingerprint density at radius 2 is 1.68 bits per heavy atom. The van der Waals surface area contributed by atoms with Crippen LogP contribution in [0.2, 0.25) is 0 Å². The Morgan fingerprint density at radius 1 is 1.00 bits per heavy atom. The largest absolute Gasteiger partial charge is 0.486 e. The molecule has 0 radical (unpaired) electrons. The van der Waals surface area contributed by atoms with Gasteiger partial charge in [-0.2, -0.15) is 0 Å². The Bertz CT molecular complexity index is 545. The highest BCUT2D eigenvalue weighted by Gasteiger charge is 2.13. The molecule has 0 saturated carbocycles. The number of rotatable bonds is 5. The fourth-order valence-electron chi connectivity index (χ4n) is 1.86. The summed E-state index contributed by atoms with van der Waals surface area (Å²) in [7, 11) is 0. The summed E-state index contributed by atoms with van der Waals surface area (Å²) in [5.41, 5.74) is 6.23. The van der Waals surface area contributed by atoms with Crippen molar-refractivity contribution in [2.24, 2.45) is 5.73 Å². The average molecular weight is 263 g/mol. The number of hydrogen-bond donors (Lipinski definition) is 1. The van der Waals surface area contributed by atoms with E-state index in [1.54, 1.807) is 24.3 Å². The lowest BCUT2D eigenvalue weighted by molar-refractivity contribution is 0.196. The third-order valence-electron chi connectivity index (χ3n) is 2.72. The highest BCUT2D eigenvalue weighted by molar-refractivity contribution is 5.25. The Kier molecular flexibility index (Phi) is 4.47. The van der Waals surface area contributed by atoms with Crippen LogP contribution in [0, 0.1) is 11.6 Å². The first-order valence-corrected chi connectivity index (χ1v) is 6.07. The van der Waals surface area contributed by atoms with Gasteiger partial charge < -0.3 is 10.5 Å². The Labute approximate surface area is 110 Å². The van der Waals surface area contributed by atoms with Gasteiger partial charge in [-0.15, -0.1) is 0 Å². The van der Waals surface area contributed by atoms with Crippen molar-refractivity contribution in [2.75, 3.05) is 6.54 Å². The van der Waals surface area contributed by atoms with Gasteiger partial charge >= 0.3 is 0 Å². The number of benzene rings is 2. The molecule has 4 heteroatoms. The van der Waals surface area contributed by atoms with E-state index >= 15 is 0 Å². The summed E-state index contributed by atoms with van der Waals surface area (Å²) in [6.45, 7) is 0.399. The van der Waals surface area contributed by atoms with Crippen molar-refractivity contribution < 1.29 is 13.5 Å². The van der Waals surface area contributed by atoms with Crippen LogP contribution in [-0.4, -0.2) is 6.54 Å². The van der Waals surface area contributed by atoms with Crippen LogP contribution in [0.3, 0.4) is 0 Å². The zero-order chi connectivity index (χ0) is 13.7. The molecule has 0 bridgehead atoms. The predicted molar refractivity (Wildman–Crippen MR) is 69.8 cm³/mol. The molecular formula is C15H15F2NO. The number of halogens is 2. The van der Waals surface area contributed by atoms with Gasteiger partial charge in [0.05, 0.1) is 0 Å². The van der Waals surface area contributed by atoms with Crippen molar-refractivity contribution in [3.63, 3.8) is 0 Å². The highest BCUT2D eigenvalue weighted by Crippen LogP contribution is 2.25. The number of hydrogen-bond acceptors (Lipinski definition) is 2. The van der Waals surface area contributed by atoms with Gasteiger partial charge in [0.25, 0.3) is 0 Å². The second-order valence-corrected chi connectivity index (χ2v) is 4.20. The van der Waals surface area contributed by atoms with E-state index in [2.05, 4.69) is 0 Å². The fourth-order valence-corrected chi connectivity index (χ4v) is 1.86. The number of ether oxygens (including phenoxy) is 1. The van der Waals surface area contributed by atoms with Crippen molar-refractivity contribution in [1.29, 1.82) is 0 Å². The molecule has 0 aliphatic carbocycles. The molecule has 2 nitrogen and oxygen atoms in total. The summed E-state index contributed by atoms with van der Waals surface area (Å²) in [4.78, 5) is 0. The first-order valence-electron chi connectivity index (χ1n) is 6.07. The van der Waals surface area contributed by atoms with E-state index < -0.39 is 0 Å². The molecule has 1 atom stereocenters. The molecule has 2 rings (SSSR count). The Hall–Kier alpha value is -1.94. The maximum atomic E-state index is 13.2. The fraction of sp³-hybridized carbons (Fsp3) is 0.200. The molecule has 0 unspecified atom stereocenters. The van der Waals surface area contributed by atoms with Crippen LogP contribution < -0.4 is 10.5 Å². The summed E-state index contributed by atoms with van der Waals surface area (Å²) < 4.78 is 32.0. The van der Waals surface area contributed by atoms with Gasteiger partial charge in [-0.3, -0.25) is 0 Å². The first kappa shape index (κ1) is 13.5. The van der Waals surface area contributed by atoms with E-state index in [1.165, 1.54) is 24.3 Å². The molecule has 19 heavy (non-hydrogen) atoms. The minimum absolute atomic E-state index is 0.331. The SMILES string of the molecule is NCC[C@@H](Oc1cccc(F)c1)c1cccc(F)c1. The third kappa shape index (κ3) is 3.76. The second kappa shape index (κ2) is 6.29. The summed E-state index contributed by atoms with van der Waals surface area (Å²) in [6, 6.07) is 12.0. The van der Waals surface area contributed by atoms with Gasteiger partial charge in [-0.25, -0.2) is 8.78 Å². The Balaban J connectivity index is 2.21. The summed E-state index contributed by atoms with van der Waals surface area (Å²) in [6.07, 6.45) is 0.141. The zero-order valence-corrected chi connectivity index (χ0v) is 10.4. The molecular weight excluding hydrogens is 248 g/mol. The minimum atomic E-state index is -0.387. The molecule has 0 aliphatic heterocycles. The molecule has 0 heterocycles. The lowest BCUT2D eigenvalue weighted by Crippen LogP contribution is -2.13. The topological polar surface area (TPSA) is 35.2 Å². The molecule has 0 spiro atoms. The van der Waals surface area contributed by atoms with Crippen molar-refractivity contribution in [1.82, 2.24) is 0 Å². The number of nitrogens with two attached hydrogens (primary N) is 1. The molecule has 2 aromatic carbocycles. The lowest BCUT2D eigenvalue weighted by atomic mass is 10.1. The van der Waals surface area contributed by atoms with Crippen molar-refractivity contribution >= 4 is 0 Å². The van der Waals surface area contributed by atoms with Crippen LogP contribution in [0.25, 0.3) is 0 Å².